The van der Waals surface area contributed by atoms with Crippen LogP contribution in [0.1, 0.15) is 48.4 Å². The highest BCUT2D eigenvalue weighted by Gasteiger charge is 2.46. The van der Waals surface area contributed by atoms with Crippen molar-refractivity contribution in [1.29, 1.82) is 0 Å². The quantitative estimate of drug-likeness (QED) is 0.890. The highest BCUT2D eigenvalue weighted by Crippen LogP contribution is 2.46. The molecule has 0 unspecified atom stereocenters. The van der Waals surface area contributed by atoms with Crippen LogP contribution < -0.4 is 5.32 Å². The third-order valence-electron chi connectivity index (χ3n) is 6.14. The minimum absolute atomic E-state index is 0.101. The molecule has 1 amide bonds. The molecule has 1 aromatic heterocycles. The molecule has 6 nitrogen and oxygen atoms in total. The van der Waals surface area contributed by atoms with Crippen molar-refractivity contribution in [2.75, 3.05) is 33.3 Å². The topological polar surface area (TPSA) is 59.4 Å². The molecule has 1 aliphatic carbocycles. The summed E-state index contributed by atoms with van der Waals surface area (Å²) in [5, 5.41) is 3.37. The van der Waals surface area contributed by atoms with Gasteiger partial charge in [0.25, 0.3) is 5.91 Å². The van der Waals surface area contributed by atoms with E-state index in [1.165, 1.54) is 19.3 Å². The van der Waals surface area contributed by atoms with Crippen LogP contribution in [-0.4, -0.2) is 59.8 Å². The maximum atomic E-state index is 13.0. The zero-order chi connectivity index (χ0) is 16.6. The first-order chi connectivity index (χ1) is 11.7. The van der Waals surface area contributed by atoms with E-state index in [9.17, 15) is 4.79 Å². The third-order valence-corrected chi connectivity index (χ3v) is 6.14. The average Bonchev–Trinajstić information content (AvgIpc) is 3.11. The largest absolute Gasteiger partial charge is 0.381 e. The Hall–Kier alpha value is -1.40. The standard InChI is InChI=1S/C18H28N4O2/c1-24-15-4-2-6-18(15)7-3-10-22(13-18)17(23)14-12-21-11-9-19-8-5-16(21)20-14/h12,15,19H,2-11,13H2,1H3/t15-,18-/m1/s1. The summed E-state index contributed by atoms with van der Waals surface area (Å²) in [7, 11) is 1.82. The predicted octanol–water partition coefficient (Wildman–Crippen LogP) is 1.45. The van der Waals surface area contributed by atoms with Gasteiger partial charge in [0.2, 0.25) is 0 Å². The first kappa shape index (κ1) is 16.1. The Morgan fingerprint density at radius 3 is 3.08 bits per heavy atom. The lowest BCUT2D eigenvalue weighted by Gasteiger charge is -2.43. The number of hydrogen-bond donors (Lipinski definition) is 1. The van der Waals surface area contributed by atoms with Gasteiger partial charge in [-0.15, -0.1) is 0 Å². The lowest BCUT2D eigenvalue weighted by Crippen LogP contribution is -2.49. The van der Waals surface area contributed by atoms with Gasteiger partial charge in [-0.25, -0.2) is 4.98 Å². The van der Waals surface area contributed by atoms with Gasteiger partial charge in [-0.2, -0.15) is 0 Å². The molecule has 1 saturated carbocycles. The van der Waals surface area contributed by atoms with Crippen molar-refractivity contribution in [3.8, 4) is 0 Å². The fourth-order valence-corrected chi connectivity index (χ4v) is 4.91. The molecular formula is C18H28N4O2. The minimum Gasteiger partial charge on any atom is -0.381 e. The number of likely N-dealkylation sites (tertiary alicyclic amines) is 1. The molecule has 3 aliphatic rings. The average molecular weight is 332 g/mol. The van der Waals surface area contributed by atoms with Crippen LogP contribution in [0.25, 0.3) is 0 Å². The molecule has 1 spiro atoms. The van der Waals surface area contributed by atoms with Crippen LogP contribution in [0.4, 0.5) is 0 Å². The summed E-state index contributed by atoms with van der Waals surface area (Å²) in [6.07, 6.45) is 8.93. The SMILES string of the molecule is CO[C@@H]1CCC[C@]12CCCN(C(=O)c1cn3c(n1)CCNCC3)C2. The Kier molecular flexibility index (Phi) is 4.35. The Bertz CT molecular complexity index is 591. The van der Waals surface area contributed by atoms with Crippen molar-refractivity contribution in [3.05, 3.63) is 17.7 Å². The van der Waals surface area contributed by atoms with Gasteiger partial charge in [-0.3, -0.25) is 4.79 Å². The lowest BCUT2D eigenvalue weighted by atomic mass is 9.76. The number of rotatable bonds is 2. The Balaban J connectivity index is 1.52. The number of methoxy groups -OCH3 is 1. The molecule has 0 bridgehead atoms. The summed E-state index contributed by atoms with van der Waals surface area (Å²) < 4.78 is 7.89. The van der Waals surface area contributed by atoms with E-state index in [1.807, 2.05) is 18.2 Å². The van der Waals surface area contributed by atoms with Gasteiger partial charge < -0.3 is 19.5 Å². The van der Waals surface area contributed by atoms with E-state index in [2.05, 4.69) is 14.9 Å². The normalized spacial score (nSPS) is 30.4. The number of piperidine rings is 1. The summed E-state index contributed by atoms with van der Waals surface area (Å²) in [5.74, 6) is 1.13. The Morgan fingerprint density at radius 1 is 1.33 bits per heavy atom. The monoisotopic (exact) mass is 332 g/mol. The summed E-state index contributed by atoms with van der Waals surface area (Å²) in [5.41, 5.74) is 0.791. The van der Waals surface area contributed by atoms with E-state index in [1.54, 1.807) is 0 Å². The van der Waals surface area contributed by atoms with E-state index in [0.717, 1.165) is 57.8 Å². The number of imidazole rings is 1. The number of carbonyl (C=O) groups excluding carboxylic acids is 1. The molecule has 1 aromatic rings. The fraction of sp³-hybridized carbons (Fsp3) is 0.778. The fourth-order valence-electron chi connectivity index (χ4n) is 4.91. The van der Waals surface area contributed by atoms with Crippen molar-refractivity contribution >= 4 is 5.91 Å². The zero-order valence-electron chi connectivity index (χ0n) is 14.6. The van der Waals surface area contributed by atoms with Gasteiger partial charge in [0.1, 0.15) is 11.5 Å². The number of nitrogens with zero attached hydrogens (tertiary/aromatic N) is 3. The van der Waals surface area contributed by atoms with Crippen LogP contribution in [0.2, 0.25) is 0 Å². The summed E-state index contributed by atoms with van der Waals surface area (Å²) in [6, 6.07) is 0. The molecule has 4 rings (SSSR count). The summed E-state index contributed by atoms with van der Waals surface area (Å²) >= 11 is 0. The van der Waals surface area contributed by atoms with E-state index in [0.29, 0.717) is 11.8 Å². The lowest BCUT2D eigenvalue weighted by molar-refractivity contribution is -0.0296. The van der Waals surface area contributed by atoms with Crippen molar-refractivity contribution in [1.82, 2.24) is 19.8 Å². The van der Waals surface area contributed by atoms with E-state index >= 15 is 0 Å². The van der Waals surface area contributed by atoms with Gasteiger partial charge in [-0.1, -0.05) is 6.42 Å². The van der Waals surface area contributed by atoms with Crippen molar-refractivity contribution in [2.45, 2.75) is 51.2 Å². The third kappa shape index (κ3) is 2.75. The number of ether oxygens (including phenoxy) is 1. The second-order valence-corrected chi connectivity index (χ2v) is 7.54. The van der Waals surface area contributed by atoms with Crippen molar-refractivity contribution in [2.24, 2.45) is 5.41 Å². The molecule has 0 radical (unpaired) electrons. The van der Waals surface area contributed by atoms with E-state index < -0.39 is 0 Å². The minimum atomic E-state index is 0.101. The summed E-state index contributed by atoms with van der Waals surface area (Å²) in [4.78, 5) is 19.7. The van der Waals surface area contributed by atoms with Crippen molar-refractivity contribution in [3.63, 3.8) is 0 Å². The number of carbonyl (C=O) groups is 1. The number of fused-ring (bicyclic) bond motifs is 1. The smallest absolute Gasteiger partial charge is 0.274 e. The number of aromatic nitrogens is 2. The number of nitrogens with one attached hydrogen (secondary N) is 1. The molecule has 132 valence electrons. The van der Waals surface area contributed by atoms with Gasteiger partial charge in [0.15, 0.2) is 0 Å². The van der Waals surface area contributed by atoms with E-state index in [-0.39, 0.29) is 11.3 Å². The van der Waals surface area contributed by atoms with Gasteiger partial charge >= 0.3 is 0 Å². The molecule has 3 heterocycles. The van der Waals surface area contributed by atoms with Gasteiger partial charge in [0.05, 0.1) is 6.10 Å². The molecule has 2 fully saturated rings. The molecule has 24 heavy (non-hydrogen) atoms. The molecule has 0 aromatic carbocycles. The van der Waals surface area contributed by atoms with Crippen LogP contribution >= 0.6 is 0 Å². The first-order valence-electron chi connectivity index (χ1n) is 9.31. The van der Waals surface area contributed by atoms with Crippen LogP contribution in [0, 0.1) is 5.41 Å². The van der Waals surface area contributed by atoms with Crippen LogP contribution in [-0.2, 0) is 17.7 Å². The molecule has 2 aliphatic heterocycles. The van der Waals surface area contributed by atoms with Gasteiger partial charge in [-0.05, 0) is 25.7 Å². The maximum Gasteiger partial charge on any atom is 0.274 e. The summed E-state index contributed by atoms with van der Waals surface area (Å²) in [6.45, 7) is 4.45. The molecule has 1 saturated heterocycles. The molecule has 2 atom stereocenters. The molecular weight excluding hydrogens is 304 g/mol. The highest BCUT2D eigenvalue weighted by molar-refractivity contribution is 5.92. The van der Waals surface area contributed by atoms with Crippen LogP contribution in [0.3, 0.4) is 0 Å². The Labute approximate surface area is 143 Å². The molecule has 1 N–H and O–H groups in total. The van der Waals surface area contributed by atoms with Crippen LogP contribution in [0.15, 0.2) is 6.20 Å². The second kappa shape index (κ2) is 6.48. The van der Waals surface area contributed by atoms with Gasteiger partial charge in [0, 0.05) is 57.9 Å². The maximum absolute atomic E-state index is 13.0. The van der Waals surface area contributed by atoms with Crippen LogP contribution in [0.5, 0.6) is 0 Å². The zero-order valence-corrected chi connectivity index (χ0v) is 14.6. The molecule has 6 heteroatoms. The number of hydrogen-bond acceptors (Lipinski definition) is 4. The highest BCUT2D eigenvalue weighted by atomic mass is 16.5. The predicted molar refractivity (Wildman–Crippen MR) is 91.0 cm³/mol. The second-order valence-electron chi connectivity index (χ2n) is 7.54. The Morgan fingerprint density at radius 2 is 2.21 bits per heavy atom. The van der Waals surface area contributed by atoms with E-state index in [4.69, 9.17) is 4.74 Å². The number of amides is 1. The van der Waals surface area contributed by atoms with Crippen molar-refractivity contribution < 1.29 is 9.53 Å². The first-order valence-corrected chi connectivity index (χ1v) is 9.31.